The van der Waals surface area contributed by atoms with Crippen LogP contribution in [0.2, 0.25) is 5.02 Å². The minimum Gasteiger partial charge on any atom is -0.488 e. The first-order valence-corrected chi connectivity index (χ1v) is 8.60. The minimum atomic E-state index is -0.785. The Bertz CT molecular complexity index is 817. The molecule has 1 fully saturated rings. The fourth-order valence-electron chi connectivity index (χ4n) is 2.15. The zero-order chi connectivity index (χ0) is 18.4. The highest BCUT2D eigenvalue weighted by Crippen LogP contribution is 2.19. The summed E-state index contributed by atoms with van der Waals surface area (Å²) >= 11 is 5.87. The van der Waals surface area contributed by atoms with E-state index in [-0.39, 0.29) is 6.04 Å². The number of rotatable bonds is 6. The largest absolute Gasteiger partial charge is 0.488 e. The van der Waals surface area contributed by atoms with E-state index in [1.807, 2.05) is 24.3 Å². The molecule has 3 rings (SSSR count). The molecule has 1 aliphatic carbocycles. The summed E-state index contributed by atoms with van der Waals surface area (Å²) in [4.78, 5) is 23.2. The van der Waals surface area contributed by atoms with Crippen molar-refractivity contribution in [2.75, 3.05) is 0 Å². The van der Waals surface area contributed by atoms with Crippen LogP contribution in [0, 0.1) is 0 Å². The molecule has 0 atom stereocenters. The third-order valence-corrected chi connectivity index (χ3v) is 3.97. The molecule has 134 valence electrons. The van der Waals surface area contributed by atoms with Crippen molar-refractivity contribution in [2.24, 2.45) is 5.10 Å². The van der Waals surface area contributed by atoms with E-state index >= 15 is 0 Å². The maximum absolute atomic E-state index is 11.6. The first-order valence-electron chi connectivity index (χ1n) is 8.22. The molecule has 0 aromatic heterocycles. The summed E-state index contributed by atoms with van der Waals surface area (Å²) in [5.41, 5.74) is 3.88. The lowest BCUT2D eigenvalue weighted by atomic mass is 10.2. The predicted molar refractivity (Wildman–Crippen MR) is 99.1 cm³/mol. The lowest BCUT2D eigenvalue weighted by Gasteiger charge is -2.09. The van der Waals surface area contributed by atoms with Crippen LogP contribution in [0.4, 0.5) is 0 Å². The molecule has 2 N–H and O–H groups in total. The topological polar surface area (TPSA) is 79.8 Å². The lowest BCUT2D eigenvalue weighted by molar-refractivity contribution is -0.139. The van der Waals surface area contributed by atoms with E-state index in [9.17, 15) is 9.59 Å². The molecule has 6 nitrogen and oxygen atoms in total. The van der Waals surface area contributed by atoms with Gasteiger partial charge in [0.15, 0.2) is 0 Å². The second-order valence-electron chi connectivity index (χ2n) is 5.90. The maximum atomic E-state index is 11.6. The molecule has 2 amide bonds. The monoisotopic (exact) mass is 371 g/mol. The number of nitrogens with zero attached hydrogens (tertiary/aromatic N) is 1. The number of ether oxygens (including phenoxy) is 1. The van der Waals surface area contributed by atoms with Gasteiger partial charge in [-0.05, 0) is 42.7 Å². The number of halogens is 1. The zero-order valence-corrected chi connectivity index (χ0v) is 14.7. The molecule has 1 aliphatic rings. The van der Waals surface area contributed by atoms with Gasteiger partial charge < -0.3 is 10.1 Å². The highest BCUT2D eigenvalue weighted by atomic mass is 35.5. The highest BCUT2D eigenvalue weighted by Gasteiger charge is 2.26. The number of hydrazone groups is 1. The number of benzene rings is 2. The van der Waals surface area contributed by atoms with Gasteiger partial charge in [-0.1, -0.05) is 35.9 Å². The van der Waals surface area contributed by atoms with Crippen LogP contribution in [-0.2, 0) is 16.2 Å². The third-order valence-electron chi connectivity index (χ3n) is 3.72. The lowest BCUT2D eigenvalue weighted by Crippen LogP contribution is -2.38. The first kappa shape index (κ1) is 17.9. The van der Waals surface area contributed by atoms with Crippen LogP contribution in [0.25, 0.3) is 0 Å². The van der Waals surface area contributed by atoms with E-state index in [0.29, 0.717) is 22.9 Å². The van der Waals surface area contributed by atoms with Gasteiger partial charge in [-0.15, -0.1) is 0 Å². The summed E-state index contributed by atoms with van der Waals surface area (Å²) in [6.07, 6.45) is 3.28. The summed E-state index contributed by atoms with van der Waals surface area (Å²) in [6, 6.07) is 14.8. The van der Waals surface area contributed by atoms with Crippen LogP contribution in [-0.4, -0.2) is 24.1 Å². The second-order valence-corrected chi connectivity index (χ2v) is 6.34. The Morgan fingerprint density at radius 1 is 1.12 bits per heavy atom. The average Bonchev–Trinajstić information content (AvgIpc) is 3.46. The standard InChI is InChI=1S/C19H18ClN3O3/c20-15-7-5-13(6-8-15)12-26-17-4-2-1-3-14(17)11-21-23-19(25)18(24)22-16-9-10-16/h1-8,11,16H,9-10,12H2,(H,22,24)(H,23,25)/b21-11-. The van der Waals surface area contributed by atoms with Crippen molar-refractivity contribution in [3.05, 3.63) is 64.7 Å². The number of hydrogen-bond acceptors (Lipinski definition) is 4. The van der Waals surface area contributed by atoms with Crippen molar-refractivity contribution in [1.82, 2.24) is 10.7 Å². The van der Waals surface area contributed by atoms with Crippen LogP contribution < -0.4 is 15.5 Å². The molecule has 2 aromatic carbocycles. The summed E-state index contributed by atoms with van der Waals surface area (Å²) in [6.45, 7) is 0.373. The van der Waals surface area contributed by atoms with Crippen molar-refractivity contribution in [2.45, 2.75) is 25.5 Å². The molecule has 0 spiro atoms. The smallest absolute Gasteiger partial charge is 0.329 e. The maximum Gasteiger partial charge on any atom is 0.329 e. The molecular formula is C19H18ClN3O3. The fraction of sp³-hybridized carbons (Fsp3) is 0.211. The van der Waals surface area contributed by atoms with Crippen molar-refractivity contribution in [1.29, 1.82) is 0 Å². The Labute approximate surface area is 156 Å². The molecule has 26 heavy (non-hydrogen) atoms. The number of nitrogens with one attached hydrogen (secondary N) is 2. The normalized spacial score (nSPS) is 13.4. The van der Waals surface area contributed by atoms with Gasteiger partial charge in [0.1, 0.15) is 12.4 Å². The van der Waals surface area contributed by atoms with Crippen LogP contribution in [0.1, 0.15) is 24.0 Å². The van der Waals surface area contributed by atoms with Crippen LogP contribution >= 0.6 is 11.6 Å². The quantitative estimate of drug-likeness (QED) is 0.465. The molecule has 0 radical (unpaired) electrons. The second kappa shape index (κ2) is 8.49. The van der Waals surface area contributed by atoms with Crippen LogP contribution in [0.15, 0.2) is 53.6 Å². The van der Waals surface area contributed by atoms with Crippen molar-refractivity contribution < 1.29 is 14.3 Å². The number of carbonyl (C=O) groups excluding carboxylic acids is 2. The van der Waals surface area contributed by atoms with E-state index in [1.165, 1.54) is 6.21 Å². The molecule has 7 heteroatoms. The Morgan fingerprint density at radius 2 is 1.85 bits per heavy atom. The van der Waals surface area contributed by atoms with Gasteiger partial charge in [0.25, 0.3) is 0 Å². The van der Waals surface area contributed by atoms with Crippen molar-refractivity contribution >= 4 is 29.6 Å². The van der Waals surface area contributed by atoms with E-state index < -0.39 is 11.8 Å². The molecule has 1 saturated carbocycles. The summed E-state index contributed by atoms with van der Waals surface area (Å²) in [5, 5.41) is 7.10. The molecule has 0 bridgehead atoms. The molecule has 2 aromatic rings. The molecule has 0 aliphatic heterocycles. The van der Waals surface area contributed by atoms with Gasteiger partial charge in [-0.3, -0.25) is 9.59 Å². The highest BCUT2D eigenvalue weighted by molar-refractivity contribution is 6.35. The number of amides is 2. The summed E-state index contributed by atoms with van der Waals surface area (Å²) in [5.74, 6) is -0.840. The zero-order valence-electron chi connectivity index (χ0n) is 13.9. The Kier molecular flexibility index (Phi) is 5.86. The molecule has 0 heterocycles. The Morgan fingerprint density at radius 3 is 2.58 bits per heavy atom. The van der Waals surface area contributed by atoms with Crippen LogP contribution in [0.3, 0.4) is 0 Å². The number of carbonyl (C=O) groups is 2. The first-order chi connectivity index (χ1) is 12.6. The predicted octanol–water partition coefficient (Wildman–Crippen LogP) is 2.65. The van der Waals surface area contributed by atoms with Gasteiger partial charge in [0.2, 0.25) is 0 Å². The molecule has 0 unspecified atom stereocenters. The summed E-state index contributed by atoms with van der Waals surface area (Å²) < 4.78 is 5.80. The van der Waals surface area contributed by atoms with Crippen LogP contribution in [0.5, 0.6) is 5.75 Å². The minimum absolute atomic E-state index is 0.124. The Hall–Kier alpha value is -2.86. The van der Waals surface area contributed by atoms with E-state index in [4.69, 9.17) is 16.3 Å². The molecule has 0 saturated heterocycles. The molecular weight excluding hydrogens is 354 g/mol. The van der Waals surface area contributed by atoms with Gasteiger partial charge in [0.05, 0.1) is 6.21 Å². The van der Waals surface area contributed by atoms with E-state index in [2.05, 4.69) is 15.8 Å². The Balaban J connectivity index is 1.56. The SMILES string of the molecule is O=C(N/N=C\c1ccccc1OCc1ccc(Cl)cc1)C(=O)NC1CC1. The van der Waals surface area contributed by atoms with Gasteiger partial charge in [-0.2, -0.15) is 5.10 Å². The third kappa shape index (κ3) is 5.32. The summed E-state index contributed by atoms with van der Waals surface area (Å²) in [7, 11) is 0. The van der Waals surface area contributed by atoms with Gasteiger partial charge >= 0.3 is 11.8 Å². The average molecular weight is 372 g/mol. The number of hydrogen-bond donors (Lipinski definition) is 2. The number of para-hydroxylation sites is 1. The van der Waals surface area contributed by atoms with E-state index in [0.717, 1.165) is 18.4 Å². The van der Waals surface area contributed by atoms with Gasteiger partial charge in [-0.25, -0.2) is 5.43 Å². The van der Waals surface area contributed by atoms with Gasteiger partial charge in [0, 0.05) is 16.6 Å². The van der Waals surface area contributed by atoms with Crippen molar-refractivity contribution in [3.63, 3.8) is 0 Å². The van der Waals surface area contributed by atoms with E-state index in [1.54, 1.807) is 24.3 Å². The van der Waals surface area contributed by atoms with Crippen molar-refractivity contribution in [3.8, 4) is 5.75 Å². The fourth-order valence-corrected chi connectivity index (χ4v) is 2.28.